The van der Waals surface area contributed by atoms with Gasteiger partial charge in [-0.2, -0.15) is 0 Å². The number of rotatable bonds is 6. The van der Waals surface area contributed by atoms with Crippen LogP contribution in [-0.2, 0) is 5.75 Å². The molecule has 0 spiro atoms. The molecular formula is C22H18N4O2S. The Labute approximate surface area is 172 Å². The van der Waals surface area contributed by atoms with Crippen molar-refractivity contribution in [2.75, 3.05) is 0 Å². The Bertz CT molecular complexity index is 1160. The molecular weight excluding hydrogens is 384 g/mol. The second kappa shape index (κ2) is 8.28. The van der Waals surface area contributed by atoms with E-state index < -0.39 is 4.92 Å². The van der Waals surface area contributed by atoms with Crippen LogP contribution in [0.5, 0.6) is 0 Å². The fourth-order valence-electron chi connectivity index (χ4n) is 3.07. The van der Waals surface area contributed by atoms with Gasteiger partial charge in [-0.1, -0.05) is 71.9 Å². The molecule has 0 unspecified atom stereocenters. The van der Waals surface area contributed by atoms with Crippen LogP contribution in [0.2, 0.25) is 0 Å². The molecule has 1 aromatic heterocycles. The lowest BCUT2D eigenvalue weighted by Gasteiger charge is -2.10. The summed E-state index contributed by atoms with van der Waals surface area (Å²) in [6.45, 7) is 2.07. The van der Waals surface area contributed by atoms with Crippen molar-refractivity contribution in [3.63, 3.8) is 0 Å². The fourth-order valence-corrected chi connectivity index (χ4v) is 3.96. The van der Waals surface area contributed by atoms with Gasteiger partial charge in [0, 0.05) is 29.1 Å². The molecule has 0 fully saturated rings. The molecule has 3 aromatic carbocycles. The van der Waals surface area contributed by atoms with Gasteiger partial charge in [-0.25, -0.2) is 0 Å². The number of nitro benzene ring substituents is 1. The van der Waals surface area contributed by atoms with Crippen molar-refractivity contribution < 1.29 is 4.92 Å². The van der Waals surface area contributed by atoms with Crippen molar-refractivity contribution in [1.82, 2.24) is 14.8 Å². The number of nitro groups is 1. The molecule has 144 valence electrons. The Morgan fingerprint density at radius 2 is 1.76 bits per heavy atom. The van der Waals surface area contributed by atoms with Crippen LogP contribution in [0.4, 0.5) is 5.69 Å². The maximum Gasteiger partial charge on any atom is 0.270 e. The second-order valence-electron chi connectivity index (χ2n) is 6.56. The molecule has 0 amide bonds. The van der Waals surface area contributed by atoms with Gasteiger partial charge in [0.1, 0.15) is 0 Å². The summed E-state index contributed by atoms with van der Waals surface area (Å²) in [6.07, 6.45) is 0. The highest BCUT2D eigenvalue weighted by Gasteiger charge is 2.18. The van der Waals surface area contributed by atoms with E-state index in [0.717, 1.165) is 16.6 Å². The lowest BCUT2D eigenvalue weighted by Crippen LogP contribution is -2.00. The molecule has 0 saturated heterocycles. The Kier molecular flexibility index (Phi) is 5.39. The number of para-hydroxylation sites is 1. The number of benzene rings is 3. The first-order valence-electron chi connectivity index (χ1n) is 9.06. The monoisotopic (exact) mass is 402 g/mol. The summed E-state index contributed by atoms with van der Waals surface area (Å²) in [7, 11) is 0. The highest BCUT2D eigenvalue weighted by Crippen LogP contribution is 2.31. The first-order chi connectivity index (χ1) is 14.1. The molecule has 0 aliphatic rings. The van der Waals surface area contributed by atoms with Crippen LogP contribution >= 0.6 is 11.8 Å². The molecule has 29 heavy (non-hydrogen) atoms. The minimum Gasteiger partial charge on any atom is -0.270 e. The van der Waals surface area contributed by atoms with Crippen molar-refractivity contribution >= 4 is 17.4 Å². The number of aryl methyl sites for hydroxylation is 1. The van der Waals surface area contributed by atoms with Crippen LogP contribution in [0.15, 0.2) is 84.0 Å². The molecule has 0 radical (unpaired) electrons. The topological polar surface area (TPSA) is 73.8 Å². The van der Waals surface area contributed by atoms with Gasteiger partial charge in [-0.3, -0.25) is 14.7 Å². The molecule has 0 saturated carbocycles. The fraction of sp³-hybridized carbons (Fsp3) is 0.0909. The Morgan fingerprint density at radius 3 is 2.52 bits per heavy atom. The molecule has 4 rings (SSSR count). The summed E-state index contributed by atoms with van der Waals surface area (Å²) >= 11 is 1.59. The van der Waals surface area contributed by atoms with Crippen LogP contribution in [0.3, 0.4) is 0 Å². The summed E-state index contributed by atoms with van der Waals surface area (Å²) in [5, 5.41) is 20.7. The van der Waals surface area contributed by atoms with Crippen LogP contribution < -0.4 is 0 Å². The average molecular weight is 402 g/mol. The van der Waals surface area contributed by atoms with Crippen LogP contribution in [0.1, 0.15) is 11.1 Å². The van der Waals surface area contributed by atoms with Crippen molar-refractivity contribution in [3.8, 4) is 17.1 Å². The SMILES string of the molecule is Cc1cccc(CSc2nnc(-c3cccc([N+](=O)[O-])c3)n2-c2ccccc2)c1. The Morgan fingerprint density at radius 1 is 0.966 bits per heavy atom. The number of thioether (sulfide) groups is 1. The van der Waals surface area contributed by atoms with Gasteiger partial charge in [0.2, 0.25) is 0 Å². The van der Waals surface area contributed by atoms with Gasteiger partial charge >= 0.3 is 0 Å². The predicted molar refractivity (Wildman–Crippen MR) is 114 cm³/mol. The normalized spacial score (nSPS) is 10.8. The number of hydrogen-bond acceptors (Lipinski definition) is 5. The zero-order chi connectivity index (χ0) is 20.2. The Balaban J connectivity index is 1.75. The molecule has 0 aliphatic heterocycles. The highest BCUT2D eigenvalue weighted by molar-refractivity contribution is 7.98. The van der Waals surface area contributed by atoms with E-state index in [9.17, 15) is 10.1 Å². The molecule has 0 N–H and O–H groups in total. The van der Waals surface area contributed by atoms with E-state index in [0.29, 0.717) is 11.4 Å². The standard InChI is InChI=1S/C22H18N4O2S/c1-16-7-5-8-17(13-16)15-29-22-24-23-21(25(22)19-10-3-2-4-11-19)18-9-6-12-20(14-18)26(27)28/h2-14H,15H2,1H3. The molecule has 0 bridgehead atoms. The van der Waals surface area contributed by atoms with E-state index in [1.54, 1.807) is 17.8 Å². The Hall–Kier alpha value is -3.45. The number of non-ortho nitro benzene ring substituents is 1. The van der Waals surface area contributed by atoms with Gasteiger partial charge in [0.25, 0.3) is 5.69 Å². The van der Waals surface area contributed by atoms with Crippen LogP contribution in [0.25, 0.3) is 17.1 Å². The zero-order valence-electron chi connectivity index (χ0n) is 15.7. The smallest absolute Gasteiger partial charge is 0.270 e. The summed E-state index contributed by atoms with van der Waals surface area (Å²) < 4.78 is 1.94. The van der Waals surface area contributed by atoms with Crippen molar-refractivity contribution in [2.24, 2.45) is 0 Å². The van der Waals surface area contributed by atoms with Crippen LogP contribution in [0, 0.1) is 17.0 Å². The van der Waals surface area contributed by atoms with Gasteiger partial charge in [0.05, 0.1) is 4.92 Å². The molecule has 0 atom stereocenters. The van der Waals surface area contributed by atoms with Gasteiger partial charge in [-0.15, -0.1) is 10.2 Å². The van der Waals surface area contributed by atoms with E-state index >= 15 is 0 Å². The summed E-state index contributed by atoms with van der Waals surface area (Å²) in [4.78, 5) is 10.8. The lowest BCUT2D eigenvalue weighted by atomic mass is 10.2. The molecule has 0 aliphatic carbocycles. The summed E-state index contributed by atoms with van der Waals surface area (Å²) in [5.41, 5.74) is 4.00. The maximum atomic E-state index is 11.2. The van der Waals surface area contributed by atoms with Gasteiger partial charge in [-0.05, 0) is 24.6 Å². The lowest BCUT2D eigenvalue weighted by molar-refractivity contribution is -0.384. The second-order valence-corrected chi connectivity index (χ2v) is 7.50. The quantitative estimate of drug-likeness (QED) is 0.244. The van der Waals surface area contributed by atoms with Crippen molar-refractivity contribution in [2.45, 2.75) is 17.8 Å². The first kappa shape index (κ1) is 18.9. The molecule has 1 heterocycles. The largest absolute Gasteiger partial charge is 0.270 e. The number of aromatic nitrogens is 3. The van der Waals surface area contributed by atoms with Gasteiger partial charge < -0.3 is 0 Å². The minimum absolute atomic E-state index is 0.0269. The van der Waals surface area contributed by atoms with Gasteiger partial charge in [0.15, 0.2) is 11.0 Å². The zero-order valence-corrected chi connectivity index (χ0v) is 16.5. The number of hydrogen-bond donors (Lipinski definition) is 0. The van der Waals surface area contributed by atoms with E-state index in [1.165, 1.54) is 23.3 Å². The average Bonchev–Trinajstić information content (AvgIpc) is 3.17. The predicted octanol–water partition coefficient (Wildman–Crippen LogP) is 5.44. The minimum atomic E-state index is -0.403. The third-order valence-corrected chi connectivity index (χ3v) is 5.41. The summed E-state index contributed by atoms with van der Waals surface area (Å²) in [6, 6.07) is 24.6. The summed E-state index contributed by atoms with van der Waals surface area (Å²) in [5.74, 6) is 1.33. The molecule has 6 nitrogen and oxygen atoms in total. The maximum absolute atomic E-state index is 11.2. The van der Waals surface area contributed by atoms with E-state index in [2.05, 4.69) is 35.3 Å². The molecule has 4 aromatic rings. The third kappa shape index (κ3) is 4.20. The first-order valence-corrected chi connectivity index (χ1v) is 10.0. The number of nitrogens with zero attached hydrogens (tertiary/aromatic N) is 4. The highest BCUT2D eigenvalue weighted by atomic mass is 32.2. The van der Waals surface area contributed by atoms with Crippen molar-refractivity contribution in [1.29, 1.82) is 0 Å². The van der Waals surface area contributed by atoms with E-state index in [4.69, 9.17) is 0 Å². The van der Waals surface area contributed by atoms with Crippen molar-refractivity contribution in [3.05, 3.63) is 100 Å². The van der Waals surface area contributed by atoms with Crippen LogP contribution in [-0.4, -0.2) is 19.7 Å². The molecule has 7 heteroatoms. The van der Waals surface area contributed by atoms with E-state index in [-0.39, 0.29) is 5.69 Å². The van der Waals surface area contributed by atoms with E-state index in [1.807, 2.05) is 47.0 Å². The third-order valence-electron chi connectivity index (χ3n) is 4.41.